The van der Waals surface area contributed by atoms with Crippen LogP contribution in [-0.2, 0) is 14.4 Å². The van der Waals surface area contributed by atoms with Crippen LogP contribution < -0.4 is 21.8 Å². The van der Waals surface area contributed by atoms with Crippen LogP contribution in [0.5, 0.6) is 0 Å². The molecular weight excluding hydrogens is 480 g/mol. The molecule has 0 unspecified atom stereocenters. The van der Waals surface area contributed by atoms with E-state index in [-0.39, 0.29) is 37.7 Å². The molecule has 15 heteroatoms. The first kappa shape index (κ1) is 29.7. The van der Waals surface area contributed by atoms with Crippen molar-refractivity contribution >= 4 is 40.7 Å². The summed E-state index contributed by atoms with van der Waals surface area (Å²) < 4.78 is 0. The molecule has 0 fully saturated rings. The first-order valence-corrected chi connectivity index (χ1v) is 12.1. The molecule has 1 aromatic heterocycles. The first-order valence-electron chi connectivity index (χ1n) is 11.2. The van der Waals surface area contributed by atoms with E-state index >= 15 is 0 Å². The summed E-state index contributed by atoms with van der Waals surface area (Å²) in [6.45, 7) is 5.78. The monoisotopic (exact) mass is 514 g/mol. The van der Waals surface area contributed by atoms with Crippen molar-refractivity contribution in [3.8, 4) is 0 Å². The Hall–Kier alpha value is -3.33. The van der Waals surface area contributed by atoms with Crippen LogP contribution in [0.25, 0.3) is 0 Å². The first-order chi connectivity index (χ1) is 16.6. The second kappa shape index (κ2) is 15.5. The number of carbonyl (C=O) groups excluding carboxylic acids is 3. The lowest BCUT2D eigenvalue weighted by atomic mass is 9.86. The molecule has 1 aromatic rings. The molecule has 0 aliphatic rings. The maximum Gasteiger partial charge on any atom is 0.251 e. The molecule has 3 amide bonds. The molecule has 0 bridgehead atoms. The van der Waals surface area contributed by atoms with Crippen LogP contribution in [0.4, 0.5) is 5.13 Å². The van der Waals surface area contributed by atoms with Crippen LogP contribution in [0.1, 0.15) is 52.9 Å². The molecule has 14 nitrogen and oxygen atoms in total. The van der Waals surface area contributed by atoms with E-state index in [0.29, 0.717) is 29.5 Å². The summed E-state index contributed by atoms with van der Waals surface area (Å²) in [6, 6.07) is -1.73. The summed E-state index contributed by atoms with van der Waals surface area (Å²) >= 11 is 1.21. The third kappa shape index (κ3) is 11.1. The van der Waals surface area contributed by atoms with Gasteiger partial charge >= 0.3 is 0 Å². The number of hydroxylamine groups is 2. The second-order valence-electron chi connectivity index (χ2n) is 8.24. The van der Waals surface area contributed by atoms with Gasteiger partial charge in [0.05, 0.1) is 12.0 Å². The van der Waals surface area contributed by atoms with E-state index in [1.165, 1.54) is 17.5 Å². The number of hydrazine groups is 1. The summed E-state index contributed by atoms with van der Waals surface area (Å²) in [5.74, 6) is -2.02. The zero-order chi connectivity index (χ0) is 26.4. The Labute approximate surface area is 207 Å². The zero-order valence-electron chi connectivity index (χ0n) is 20.0. The number of thiazole rings is 1. The lowest BCUT2D eigenvalue weighted by Crippen LogP contribution is -2.51. The molecule has 0 aromatic carbocycles. The van der Waals surface area contributed by atoms with Gasteiger partial charge in [-0.05, 0) is 31.6 Å². The number of aliphatic imine (C=N–C) groups is 1. The maximum absolute atomic E-state index is 13.3. The predicted octanol–water partition coefficient (Wildman–Crippen LogP) is 1.12. The predicted molar refractivity (Wildman–Crippen MR) is 130 cm³/mol. The van der Waals surface area contributed by atoms with Crippen molar-refractivity contribution in [2.75, 3.05) is 11.9 Å². The lowest BCUT2D eigenvalue weighted by molar-refractivity contribution is -0.525. The number of aromatic nitrogens is 1. The highest BCUT2D eigenvalue weighted by Gasteiger charge is 2.34. The Balaban J connectivity index is 3.03. The van der Waals surface area contributed by atoms with Crippen LogP contribution in [0.2, 0.25) is 0 Å². The summed E-state index contributed by atoms with van der Waals surface area (Å²) in [5, 5.41) is 27.6. The summed E-state index contributed by atoms with van der Waals surface area (Å²) in [6.07, 6.45) is 3.64. The Morgan fingerprint density at radius 1 is 1.37 bits per heavy atom. The van der Waals surface area contributed by atoms with Crippen molar-refractivity contribution in [2.45, 2.75) is 65.0 Å². The van der Waals surface area contributed by atoms with Crippen molar-refractivity contribution in [1.29, 1.82) is 0 Å². The van der Waals surface area contributed by atoms with Gasteiger partial charge in [0.25, 0.3) is 5.96 Å². The van der Waals surface area contributed by atoms with Gasteiger partial charge in [-0.3, -0.25) is 19.6 Å². The van der Waals surface area contributed by atoms with E-state index < -0.39 is 34.8 Å². The summed E-state index contributed by atoms with van der Waals surface area (Å²) in [7, 11) is 0. The van der Waals surface area contributed by atoms with E-state index in [0.717, 1.165) is 0 Å². The standard InChI is InChI=1S/C20H34N8O6S/c1-4-6-16(27(32)12-29)14(11-13(2)3)17(30)24-15(18(31)25-20-23-9-10-35-20)7-5-8-22-19(21)26-28(33)34/h9-10,12-16,32H,4-8,11H2,1-3H3,(H,24,30)(H3,21,22,26)(H,23,25,31)/t14-,15-,16-/m0/s1. The molecular formula is C20H34N8O6S. The molecule has 0 radical (unpaired) electrons. The van der Waals surface area contributed by atoms with Crippen molar-refractivity contribution < 1.29 is 24.6 Å². The third-order valence-corrected chi connectivity index (χ3v) is 5.68. The number of rotatable bonds is 16. The van der Waals surface area contributed by atoms with Gasteiger partial charge in [0.15, 0.2) is 10.2 Å². The minimum Gasteiger partial charge on any atom is -0.365 e. The number of nitrogens with one attached hydrogen (secondary N) is 3. The molecule has 6 N–H and O–H groups in total. The summed E-state index contributed by atoms with van der Waals surface area (Å²) in [4.78, 5) is 55.7. The van der Waals surface area contributed by atoms with Crippen molar-refractivity contribution in [3.05, 3.63) is 21.7 Å². The van der Waals surface area contributed by atoms with Crippen molar-refractivity contribution in [2.24, 2.45) is 22.6 Å². The van der Waals surface area contributed by atoms with Crippen LogP contribution in [0.3, 0.4) is 0 Å². The Morgan fingerprint density at radius 3 is 2.63 bits per heavy atom. The second-order valence-corrected chi connectivity index (χ2v) is 9.14. The molecule has 1 rings (SSSR count). The Kier molecular flexibility index (Phi) is 13.2. The fourth-order valence-corrected chi connectivity index (χ4v) is 4.02. The summed E-state index contributed by atoms with van der Waals surface area (Å²) in [5.41, 5.74) is 7.12. The molecule has 0 saturated heterocycles. The molecule has 0 saturated carbocycles. The minimum absolute atomic E-state index is 0.0764. The smallest absolute Gasteiger partial charge is 0.251 e. The van der Waals surface area contributed by atoms with E-state index in [1.807, 2.05) is 20.8 Å². The number of nitrogens with two attached hydrogens (primary N) is 1. The SMILES string of the molecule is CCC[C@@H]([C@H](CC(C)C)C(=O)N[C@@H](CCCN=C(N)N[N+](=O)[O-])C(=O)Nc1nccs1)N(O)C=O. The Morgan fingerprint density at radius 2 is 2.09 bits per heavy atom. The topological polar surface area (TPSA) is 205 Å². The van der Waals surface area contributed by atoms with Gasteiger partial charge in [0, 0.05) is 18.1 Å². The van der Waals surface area contributed by atoms with Gasteiger partial charge in [-0.25, -0.2) is 25.2 Å². The van der Waals surface area contributed by atoms with E-state index in [9.17, 15) is 29.7 Å². The van der Waals surface area contributed by atoms with Gasteiger partial charge in [0.1, 0.15) is 6.04 Å². The number of anilines is 1. The normalized spacial score (nSPS) is 14.0. The molecule has 1 heterocycles. The number of hydrogen-bond donors (Lipinski definition) is 5. The van der Waals surface area contributed by atoms with Gasteiger partial charge in [-0.2, -0.15) is 0 Å². The van der Waals surface area contributed by atoms with E-state index in [4.69, 9.17) is 5.73 Å². The Bertz CT molecular complexity index is 851. The lowest BCUT2D eigenvalue weighted by Gasteiger charge is -2.32. The number of guanidine groups is 1. The maximum atomic E-state index is 13.3. The average molecular weight is 515 g/mol. The fourth-order valence-electron chi connectivity index (χ4n) is 3.49. The minimum atomic E-state index is -0.980. The van der Waals surface area contributed by atoms with Gasteiger partial charge in [-0.15, -0.1) is 11.3 Å². The molecule has 196 valence electrons. The van der Waals surface area contributed by atoms with Crippen LogP contribution >= 0.6 is 11.3 Å². The quantitative estimate of drug-likeness (QED) is 0.0407. The van der Waals surface area contributed by atoms with Gasteiger partial charge in [0.2, 0.25) is 18.2 Å². The van der Waals surface area contributed by atoms with Gasteiger partial charge < -0.3 is 16.4 Å². The van der Waals surface area contributed by atoms with E-state index in [1.54, 1.807) is 10.8 Å². The number of amides is 3. The van der Waals surface area contributed by atoms with Crippen LogP contribution in [-0.4, -0.2) is 63.1 Å². The largest absolute Gasteiger partial charge is 0.365 e. The highest BCUT2D eigenvalue weighted by Crippen LogP contribution is 2.23. The number of nitro groups is 1. The molecule has 0 spiro atoms. The highest BCUT2D eigenvalue weighted by atomic mass is 32.1. The molecule has 0 aliphatic heterocycles. The molecule has 3 atom stereocenters. The highest BCUT2D eigenvalue weighted by molar-refractivity contribution is 7.13. The zero-order valence-corrected chi connectivity index (χ0v) is 20.9. The van der Waals surface area contributed by atoms with Crippen molar-refractivity contribution in [1.82, 2.24) is 20.8 Å². The van der Waals surface area contributed by atoms with Crippen LogP contribution in [0.15, 0.2) is 16.6 Å². The van der Waals surface area contributed by atoms with Crippen molar-refractivity contribution in [3.63, 3.8) is 0 Å². The fraction of sp³-hybridized carbons (Fsp3) is 0.650. The number of hydrogen-bond acceptors (Lipinski definition) is 9. The average Bonchev–Trinajstić information content (AvgIpc) is 3.29. The van der Waals surface area contributed by atoms with E-state index in [2.05, 4.69) is 20.6 Å². The number of nitrogens with zero attached hydrogens (tertiary/aromatic N) is 4. The molecule has 0 aliphatic carbocycles. The number of carbonyl (C=O) groups is 3. The molecule has 35 heavy (non-hydrogen) atoms. The van der Waals surface area contributed by atoms with Crippen LogP contribution in [0, 0.1) is 22.0 Å². The third-order valence-electron chi connectivity index (χ3n) is 4.99. The van der Waals surface area contributed by atoms with Gasteiger partial charge in [-0.1, -0.05) is 32.6 Å².